The van der Waals surface area contributed by atoms with E-state index in [4.69, 9.17) is 9.59 Å². The first kappa shape index (κ1) is 29.3. The summed E-state index contributed by atoms with van der Waals surface area (Å²) in [6.07, 6.45) is 13.3. The molecule has 0 aromatic heterocycles. The Morgan fingerprint density at radius 1 is 0.919 bits per heavy atom. The summed E-state index contributed by atoms with van der Waals surface area (Å²) in [6.45, 7) is 8.29. The fourth-order valence-electron chi connectivity index (χ4n) is 4.77. The number of fused-ring (bicyclic) bond motifs is 2. The molecule has 0 aliphatic carbocycles. The van der Waals surface area contributed by atoms with Crippen molar-refractivity contribution in [1.29, 1.82) is 0 Å². The highest BCUT2D eigenvalue weighted by Gasteiger charge is 2.16. The number of nitrogens with zero attached hydrogens (tertiary/aromatic N) is 2. The maximum absolute atomic E-state index is 8.00. The topological polar surface area (TPSA) is 40.6 Å². The van der Waals surface area contributed by atoms with Gasteiger partial charge in [-0.15, -0.1) is 0 Å². The second kappa shape index (κ2) is 15.9. The molecule has 0 amide bonds. The first-order chi connectivity index (χ1) is 18.2. The van der Waals surface area contributed by atoms with Crippen molar-refractivity contribution in [1.82, 2.24) is 9.80 Å². The lowest BCUT2D eigenvalue weighted by Crippen LogP contribution is -2.29. The number of hydrogen-bond acceptors (Lipinski definition) is 4. The number of benzene rings is 3. The summed E-state index contributed by atoms with van der Waals surface area (Å²) < 4.78 is 0. The van der Waals surface area contributed by atoms with Crippen molar-refractivity contribution in [3.8, 4) is 0 Å². The SMILES string of the molecule is C/C=C(/C/C=C\C=C(\CCc1cccc2ccccc12)N(C)C)N1CCc2ccccc2C1.C=O.C=O. The van der Waals surface area contributed by atoms with Gasteiger partial charge in [0.2, 0.25) is 0 Å². The van der Waals surface area contributed by atoms with E-state index in [1.807, 2.05) is 13.6 Å². The molecular formula is C33H40N2O2. The molecule has 194 valence electrons. The van der Waals surface area contributed by atoms with Gasteiger partial charge in [0.1, 0.15) is 13.6 Å². The average Bonchev–Trinajstić information content (AvgIpc) is 2.96. The number of hydrogen-bond donors (Lipinski definition) is 0. The van der Waals surface area contributed by atoms with Crippen molar-refractivity contribution >= 4 is 24.4 Å². The Labute approximate surface area is 222 Å². The summed E-state index contributed by atoms with van der Waals surface area (Å²) in [6, 6.07) is 24.2. The van der Waals surface area contributed by atoms with Crippen LogP contribution in [0.15, 0.2) is 102 Å². The summed E-state index contributed by atoms with van der Waals surface area (Å²) in [5.74, 6) is 0. The fourth-order valence-corrected chi connectivity index (χ4v) is 4.77. The molecule has 37 heavy (non-hydrogen) atoms. The number of rotatable bonds is 8. The van der Waals surface area contributed by atoms with Crippen LogP contribution in [0.2, 0.25) is 0 Å². The van der Waals surface area contributed by atoms with Gasteiger partial charge in [-0.2, -0.15) is 0 Å². The Bertz CT molecular complexity index is 1200. The molecule has 0 unspecified atom stereocenters. The van der Waals surface area contributed by atoms with Crippen molar-refractivity contribution in [2.24, 2.45) is 0 Å². The van der Waals surface area contributed by atoms with E-state index in [0.717, 1.165) is 38.8 Å². The third-order valence-electron chi connectivity index (χ3n) is 6.73. The molecule has 1 heterocycles. The first-order valence-corrected chi connectivity index (χ1v) is 12.7. The quantitative estimate of drug-likeness (QED) is 0.323. The van der Waals surface area contributed by atoms with Crippen LogP contribution in [0.3, 0.4) is 0 Å². The van der Waals surface area contributed by atoms with Crippen molar-refractivity contribution in [3.63, 3.8) is 0 Å². The van der Waals surface area contributed by atoms with Crippen LogP contribution < -0.4 is 0 Å². The highest BCUT2D eigenvalue weighted by atomic mass is 16.1. The van der Waals surface area contributed by atoms with E-state index in [1.54, 1.807) is 0 Å². The normalized spacial score (nSPS) is 13.3. The minimum absolute atomic E-state index is 0.971. The van der Waals surface area contributed by atoms with E-state index in [-0.39, 0.29) is 0 Å². The molecule has 1 aliphatic rings. The maximum atomic E-state index is 8.00. The van der Waals surface area contributed by atoms with Crippen LogP contribution >= 0.6 is 0 Å². The summed E-state index contributed by atoms with van der Waals surface area (Å²) in [5, 5.41) is 2.69. The van der Waals surface area contributed by atoms with Gasteiger partial charge in [0, 0.05) is 45.0 Å². The lowest BCUT2D eigenvalue weighted by molar-refractivity contribution is -0.0987. The Kier molecular flexibility index (Phi) is 12.6. The van der Waals surface area contributed by atoms with Crippen LogP contribution in [0, 0.1) is 0 Å². The van der Waals surface area contributed by atoms with Crippen molar-refractivity contribution in [2.75, 3.05) is 20.6 Å². The standard InChI is InChI=1S/C31H36N2.2CH2O/c1-4-29(33-23-22-25-12-5-6-14-28(25)24-33)17-8-9-18-30(32(2)3)21-20-27-16-11-15-26-13-7-10-19-31(26)27;2*1-2/h4-16,18-19H,17,20-24H2,1-3H3;2*1H2/b9-8-,29-4-,30-18-;;. The summed E-state index contributed by atoms with van der Waals surface area (Å²) in [5.41, 5.74) is 7.16. The second-order valence-corrected chi connectivity index (χ2v) is 9.04. The molecule has 3 aromatic rings. The molecule has 4 rings (SSSR count). The van der Waals surface area contributed by atoms with E-state index in [9.17, 15) is 0 Å². The van der Waals surface area contributed by atoms with Gasteiger partial charge in [-0.1, -0.05) is 85.0 Å². The first-order valence-electron chi connectivity index (χ1n) is 12.7. The van der Waals surface area contributed by atoms with Crippen LogP contribution in [-0.2, 0) is 29.0 Å². The Balaban J connectivity index is 0.00000115. The van der Waals surface area contributed by atoms with E-state index in [1.165, 1.54) is 38.9 Å². The minimum Gasteiger partial charge on any atom is -0.381 e. The summed E-state index contributed by atoms with van der Waals surface area (Å²) in [4.78, 5) is 20.8. The van der Waals surface area contributed by atoms with Gasteiger partial charge in [-0.25, -0.2) is 0 Å². The fraction of sp³-hybridized carbons (Fsp3) is 0.273. The summed E-state index contributed by atoms with van der Waals surface area (Å²) >= 11 is 0. The molecule has 0 fully saturated rings. The van der Waals surface area contributed by atoms with E-state index in [2.05, 4.69) is 122 Å². The van der Waals surface area contributed by atoms with Gasteiger partial charge in [0.15, 0.2) is 0 Å². The second-order valence-electron chi connectivity index (χ2n) is 9.04. The molecular weight excluding hydrogens is 456 g/mol. The molecule has 4 nitrogen and oxygen atoms in total. The van der Waals surface area contributed by atoms with Gasteiger partial charge >= 0.3 is 0 Å². The zero-order valence-corrected chi connectivity index (χ0v) is 22.5. The van der Waals surface area contributed by atoms with E-state index in [0.29, 0.717) is 0 Å². The Morgan fingerprint density at radius 3 is 2.32 bits per heavy atom. The maximum Gasteiger partial charge on any atom is 0.106 e. The molecule has 0 atom stereocenters. The van der Waals surface area contributed by atoms with Gasteiger partial charge in [-0.05, 0) is 59.7 Å². The predicted octanol–water partition coefficient (Wildman–Crippen LogP) is 6.76. The molecule has 0 bridgehead atoms. The molecule has 0 saturated carbocycles. The molecule has 0 spiro atoms. The average molecular weight is 497 g/mol. The van der Waals surface area contributed by atoms with Crippen molar-refractivity contribution in [2.45, 2.75) is 39.2 Å². The number of carbonyl (C=O) groups excluding carboxylic acids is 2. The smallest absolute Gasteiger partial charge is 0.106 e. The lowest BCUT2D eigenvalue weighted by atomic mass is 9.99. The van der Waals surface area contributed by atoms with Crippen LogP contribution in [0.1, 0.15) is 36.5 Å². The van der Waals surface area contributed by atoms with E-state index >= 15 is 0 Å². The van der Waals surface area contributed by atoms with Crippen LogP contribution in [0.5, 0.6) is 0 Å². The lowest BCUT2D eigenvalue weighted by Gasteiger charge is -2.32. The van der Waals surface area contributed by atoms with Gasteiger partial charge < -0.3 is 19.4 Å². The third kappa shape index (κ3) is 8.32. The molecule has 4 heteroatoms. The van der Waals surface area contributed by atoms with Crippen molar-refractivity contribution in [3.05, 3.63) is 119 Å². The van der Waals surface area contributed by atoms with Gasteiger partial charge in [0.05, 0.1) is 0 Å². The predicted molar refractivity (Wildman–Crippen MR) is 156 cm³/mol. The van der Waals surface area contributed by atoms with Crippen LogP contribution in [0.25, 0.3) is 10.8 Å². The van der Waals surface area contributed by atoms with E-state index < -0.39 is 0 Å². The number of allylic oxidation sites excluding steroid dienone is 5. The molecule has 0 N–H and O–H groups in total. The molecule has 3 aromatic carbocycles. The molecule has 0 radical (unpaired) electrons. The molecule has 1 aliphatic heterocycles. The van der Waals surface area contributed by atoms with Gasteiger partial charge in [-0.3, -0.25) is 0 Å². The largest absolute Gasteiger partial charge is 0.381 e. The molecule has 0 saturated heterocycles. The summed E-state index contributed by atoms with van der Waals surface area (Å²) in [7, 11) is 4.29. The highest BCUT2D eigenvalue weighted by Crippen LogP contribution is 2.24. The minimum atomic E-state index is 0.971. The Morgan fingerprint density at radius 2 is 1.59 bits per heavy atom. The third-order valence-corrected chi connectivity index (χ3v) is 6.73. The number of carbonyl (C=O) groups is 2. The zero-order chi connectivity index (χ0) is 27.0. The van der Waals surface area contributed by atoms with Gasteiger partial charge in [0.25, 0.3) is 0 Å². The van der Waals surface area contributed by atoms with Crippen LogP contribution in [0.4, 0.5) is 0 Å². The zero-order valence-electron chi connectivity index (χ0n) is 22.5. The Hall–Kier alpha value is -3.92. The number of aryl methyl sites for hydroxylation is 1. The monoisotopic (exact) mass is 496 g/mol. The highest BCUT2D eigenvalue weighted by molar-refractivity contribution is 5.85. The van der Waals surface area contributed by atoms with Crippen molar-refractivity contribution < 1.29 is 9.59 Å². The van der Waals surface area contributed by atoms with Crippen LogP contribution in [-0.4, -0.2) is 44.0 Å².